The first kappa shape index (κ1) is 11.9. The van der Waals surface area contributed by atoms with Crippen LogP contribution >= 0.6 is 12.2 Å². The fourth-order valence-electron chi connectivity index (χ4n) is 1.31. The Labute approximate surface area is 95.1 Å². The summed E-state index contributed by atoms with van der Waals surface area (Å²) in [6.45, 7) is 5.55. The number of halogens is 1. The van der Waals surface area contributed by atoms with Gasteiger partial charge in [-0.1, -0.05) is 0 Å². The average molecular weight is 226 g/mol. The summed E-state index contributed by atoms with van der Waals surface area (Å²) in [6.07, 6.45) is 0. The molecule has 1 aromatic carbocycles. The summed E-state index contributed by atoms with van der Waals surface area (Å²) in [5.41, 5.74) is 0.907. The van der Waals surface area contributed by atoms with Crippen LogP contribution in [-0.2, 0) is 0 Å². The molecule has 0 bridgehead atoms. The van der Waals surface area contributed by atoms with E-state index in [9.17, 15) is 4.39 Å². The minimum absolute atomic E-state index is 0.232. The van der Waals surface area contributed by atoms with E-state index < -0.39 is 0 Å². The molecule has 0 unspecified atom stereocenters. The molecule has 1 rings (SSSR count). The van der Waals surface area contributed by atoms with Gasteiger partial charge in [-0.15, -0.1) is 0 Å². The van der Waals surface area contributed by atoms with E-state index in [1.807, 2.05) is 18.7 Å². The summed E-state index contributed by atoms with van der Waals surface area (Å²) < 4.78 is 12.7. The predicted octanol–water partition coefficient (Wildman–Crippen LogP) is 2.55. The van der Waals surface area contributed by atoms with Gasteiger partial charge in [0.25, 0.3) is 0 Å². The molecular weight excluding hydrogens is 211 g/mol. The molecule has 1 aromatic rings. The second-order valence-electron chi connectivity index (χ2n) is 3.06. The first-order chi connectivity index (χ1) is 7.19. The Morgan fingerprint density at radius 1 is 1.33 bits per heavy atom. The van der Waals surface area contributed by atoms with Gasteiger partial charge in [0.1, 0.15) is 5.82 Å². The first-order valence-corrected chi connectivity index (χ1v) is 5.40. The maximum atomic E-state index is 12.7. The summed E-state index contributed by atoms with van der Waals surface area (Å²) in [6, 6.07) is 6.32. The monoisotopic (exact) mass is 226 g/mol. The van der Waals surface area contributed by atoms with Gasteiger partial charge in [-0.05, 0) is 50.3 Å². The van der Waals surface area contributed by atoms with E-state index in [0.29, 0.717) is 5.11 Å². The van der Waals surface area contributed by atoms with Crippen molar-refractivity contribution in [2.75, 3.05) is 18.0 Å². The van der Waals surface area contributed by atoms with E-state index in [2.05, 4.69) is 5.32 Å². The quantitative estimate of drug-likeness (QED) is 0.797. The van der Waals surface area contributed by atoms with Gasteiger partial charge in [-0.2, -0.15) is 0 Å². The zero-order valence-corrected chi connectivity index (χ0v) is 9.77. The molecule has 1 N–H and O–H groups in total. The fraction of sp³-hybridized carbons (Fsp3) is 0.364. The molecule has 0 radical (unpaired) electrons. The summed E-state index contributed by atoms with van der Waals surface area (Å²) in [5.74, 6) is -0.232. The van der Waals surface area contributed by atoms with Crippen LogP contribution in [0.5, 0.6) is 0 Å². The van der Waals surface area contributed by atoms with Gasteiger partial charge in [0.15, 0.2) is 5.11 Å². The van der Waals surface area contributed by atoms with Crippen molar-refractivity contribution in [2.24, 2.45) is 0 Å². The lowest BCUT2D eigenvalue weighted by Crippen LogP contribution is -2.39. The minimum Gasteiger partial charge on any atom is -0.363 e. The van der Waals surface area contributed by atoms with Crippen LogP contribution in [0.1, 0.15) is 13.8 Å². The highest BCUT2D eigenvalue weighted by molar-refractivity contribution is 7.80. The number of rotatable bonds is 3. The molecule has 0 heterocycles. The Morgan fingerprint density at radius 2 is 1.93 bits per heavy atom. The van der Waals surface area contributed by atoms with Crippen molar-refractivity contribution in [1.29, 1.82) is 0 Å². The van der Waals surface area contributed by atoms with Gasteiger partial charge in [-0.3, -0.25) is 0 Å². The normalized spacial score (nSPS) is 9.80. The minimum atomic E-state index is -0.232. The molecule has 0 saturated heterocycles. The van der Waals surface area contributed by atoms with Gasteiger partial charge >= 0.3 is 0 Å². The third-order valence-corrected chi connectivity index (χ3v) is 2.39. The summed E-state index contributed by atoms with van der Waals surface area (Å²) in [4.78, 5) is 1.93. The number of nitrogens with one attached hydrogen (secondary N) is 1. The molecule has 0 aromatic heterocycles. The zero-order valence-electron chi connectivity index (χ0n) is 8.96. The van der Waals surface area contributed by atoms with Crippen LogP contribution in [0.4, 0.5) is 10.1 Å². The predicted molar refractivity (Wildman–Crippen MR) is 65.7 cm³/mol. The maximum Gasteiger partial charge on any atom is 0.173 e. The Bertz CT molecular complexity index is 324. The number of benzene rings is 1. The summed E-state index contributed by atoms with van der Waals surface area (Å²) in [7, 11) is 0. The Morgan fingerprint density at radius 3 is 2.40 bits per heavy atom. The second kappa shape index (κ2) is 5.66. The largest absolute Gasteiger partial charge is 0.363 e. The smallest absolute Gasteiger partial charge is 0.173 e. The van der Waals surface area contributed by atoms with Crippen molar-refractivity contribution in [3.05, 3.63) is 30.1 Å². The number of nitrogens with zero attached hydrogens (tertiary/aromatic N) is 1. The van der Waals surface area contributed by atoms with E-state index in [4.69, 9.17) is 12.2 Å². The van der Waals surface area contributed by atoms with E-state index in [1.165, 1.54) is 12.1 Å². The highest BCUT2D eigenvalue weighted by Gasteiger charge is 2.08. The number of thiocarbonyl (C=S) groups is 1. The summed E-state index contributed by atoms with van der Waals surface area (Å²) >= 11 is 5.21. The fourth-order valence-corrected chi connectivity index (χ4v) is 1.69. The SMILES string of the molecule is CCNC(=S)N(CC)c1ccc(F)cc1. The van der Waals surface area contributed by atoms with Crippen molar-refractivity contribution >= 4 is 23.0 Å². The van der Waals surface area contributed by atoms with E-state index in [-0.39, 0.29) is 5.82 Å². The van der Waals surface area contributed by atoms with E-state index >= 15 is 0 Å². The Balaban J connectivity index is 2.82. The van der Waals surface area contributed by atoms with Gasteiger partial charge in [0.2, 0.25) is 0 Å². The third kappa shape index (κ3) is 3.16. The molecule has 82 valence electrons. The Kier molecular flexibility index (Phi) is 4.49. The van der Waals surface area contributed by atoms with Gasteiger partial charge in [-0.25, -0.2) is 4.39 Å². The van der Waals surface area contributed by atoms with Gasteiger partial charge in [0, 0.05) is 18.8 Å². The topological polar surface area (TPSA) is 15.3 Å². The molecule has 15 heavy (non-hydrogen) atoms. The van der Waals surface area contributed by atoms with Crippen molar-refractivity contribution in [2.45, 2.75) is 13.8 Å². The van der Waals surface area contributed by atoms with Crippen LogP contribution < -0.4 is 10.2 Å². The van der Waals surface area contributed by atoms with Crippen molar-refractivity contribution < 1.29 is 4.39 Å². The first-order valence-electron chi connectivity index (χ1n) is 5.00. The molecular formula is C11H15FN2S. The number of hydrogen-bond acceptors (Lipinski definition) is 1. The van der Waals surface area contributed by atoms with Gasteiger partial charge in [0.05, 0.1) is 0 Å². The molecule has 4 heteroatoms. The van der Waals surface area contributed by atoms with E-state index in [0.717, 1.165) is 18.8 Å². The molecule has 0 amide bonds. The molecule has 0 aliphatic heterocycles. The van der Waals surface area contributed by atoms with Crippen LogP contribution in [0.2, 0.25) is 0 Å². The molecule has 2 nitrogen and oxygen atoms in total. The van der Waals surface area contributed by atoms with Crippen LogP contribution in [0, 0.1) is 5.82 Å². The van der Waals surface area contributed by atoms with Crippen LogP contribution in [-0.4, -0.2) is 18.2 Å². The molecule has 0 atom stereocenters. The lowest BCUT2D eigenvalue weighted by molar-refractivity contribution is 0.628. The second-order valence-corrected chi connectivity index (χ2v) is 3.44. The van der Waals surface area contributed by atoms with Crippen LogP contribution in [0.3, 0.4) is 0 Å². The molecule has 0 spiro atoms. The lowest BCUT2D eigenvalue weighted by atomic mass is 10.3. The van der Waals surface area contributed by atoms with Crippen molar-refractivity contribution in [1.82, 2.24) is 5.32 Å². The lowest BCUT2D eigenvalue weighted by Gasteiger charge is -2.23. The van der Waals surface area contributed by atoms with Crippen molar-refractivity contribution in [3.63, 3.8) is 0 Å². The molecule has 0 aliphatic rings. The van der Waals surface area contributed by atoms with Crippen LogP contribution in [0.25, 0.3) is 0 Å². The maximum absolute atomic E-state index is 12.7. The summed E-state index contributed by atoms with van der Waals surface area (Å²) in [5, 5.41) is 3.75. The number of anilines is 1. The van der Waals surface area contributed by atoms with Crippen LogP contribution in [0.15, 0.2) is 24.3 Å². The zero-order chi connectivity index (χ0) is 11.3. The molecule has 0 saturated carbocycles. The highest BCUT2D eigenvalue weighted by Crippen LogP contribution is 2.14. The standard InChI is InChI=1S/C11H15FN2S/c1-3-13-11(15)14(4-2)10-7-5-9(12)6-8-10/h5-8H,3-4H2,1-2H3,(H,13,15). The van der Waals surface area contributed by atoms with E-state index in [1.54, 1.807) is 12.1 Å². The van der Waals surface area contributed by atoms with Crippen molar-refractivity contribution in [3.8, 4) is 0 Å². The highest BCUT2D eigenvalue weighted by atomic mass is 32.1. The Hall–Kier alpha value is -1.16. The van der Waals surface area contributed by atoms with Gasteiger partial charge < -0.3 is 10.2 Å². The average Bonchev–Trinajstić information content (AvgIpc) is 2.22. The molecule has 0 aliphatic carbocycles. The number of hydrogen-bond donors (Lipinski definition) is 1. The third-order valence-electron chi connectivity index (χ3n) is 2.03. The molecule has 0 fully saturated rings.